The Balaban J connectivity index is 2.62. The molecule has 222 valence electrons. The maximum absolute atomic E-state index is 14.2. The van der Waals surface area contributed by atoms with Crippen LogP contribution in [-0.4, -0.2) is 59.3 Å². The van der Waals surface area contributed by atoms with E-state index in [0.717, 1.165) is 6.42 Å². The Hall–Kier alpha value is -4.03. The molecule has 41 heavy (non-hydrogen) atoms. The minimum absolute atomic E-state index is 0.340. The van der Waals surface area contributed by atoms with Crippen LogP contribution in [0.5, 0.6) is 5.75 Å². The fraction of sp³-hybridized carbons (Fsp3) is 0.469. The van der Waals surface area contributed by atoms with E-state index in [-0.39, 0.29) is 0 Å². The van der Waals surface area contributed by atoms with Crippen LogP contribution in [0.15, 0.2) is 48.5 Å². The number of amides is 3. The first-order valence-corrected chi connectivity index (χ1v) is 13.7. The monoisotopic (exact) mass is 565 g/mol. The number of aliphatic hydroxyl groups is 1. The van der Waals surface area contributed by atoms with Gasteiger partial charge in [-0.15, -0.1) is 6.42 Å². The molecule has 9 heteroatoms. The van der Waals surface area contributed by atoms with Crippen LogP contribution in [0.1, 0.15) is 71.6 Å². The highest BCUT2D eigenvalue weighted by atomic mass is 16.6. The van der Waals surface area contributed by atoms with Crippen molar-refractivity contribution in [3.05, 3.63) is 59.7 Å². The van der Waals surface area contributed by atoms with Crippen LogP contribution in [0, 0.1) is 18.3 Å². The smallest absolute Gasteiger partial charge is 0.408 e. The Morgan fingerprint density at radius 3 is 2.20 bits per heavy atom. The molecule has 0 bridgehead atoms. The molecule has 0 fully saturated rings. The highest BCUT2D eigenvalue weighted by Crippen LogP contribution is 2.31. The first kappa shape index (κ1) is 33.2. The summed E-state index contributed by atoms with van der Waals surface area (Å²) in [5, 5.41) is 15.6. The van der Waals surface area contributed by atoms with Crippen molar-refractivity contribution < 1.29 is 29.0 Å². The average Bonchev–Trinajstić information content (AvgIpc) is 2.92. The molecule has 0 aliphatic rings. The Labute approximate surface area is 243 Å². The molecule has 0 saturated carbocycles. The Morgan fingerprint density at radius 2 is 1.66 bits per heavy atom. The molecule has 3 amide bonds. The van der Waals surface area contributed by atoms with Gasteiger partial charge in [0.2, 0.25) is 5.91 Å². The van der Waals surface area contributed by atoms with Crippen LogP contribution in [0.3, 0.4) is 0 Å². The molecule has 0 saturated heterocycles. The minimum Gasteiger partial charge on any atom is -0.497 e. The van der Waals surface area contributed by atoms with E-state index in [2.05, 4.69) is 30.4 Å². The molecule has 2 rings (SSSR count). The summed E-state index contributed by atoms with van der Waals surface area (Å²) in [4.78, 5) is 42.2. The molecule has 0 radical (unpaired) electrons. The molecule has 0 spiro atoms. The lowest BCUT2D eigenvalue weighted by Crippen LogP contribution is -2.56. The van der Waals surface area contributed by atoms with E-state index >= 15 is 0 Å². The standard InChI is InChI=1S/C32H43N3O6/c1-9-23-12-10-11-13-26(23)28(29(37)33-24-16-18-25(40-8)19-17-24)35(22(4)15-14-21(2)3)30(38)27(20-36)34-31(39)41-32(5,6)7/h1,10-13,16-19,21-22,27-28,36H,14-15,20H2,2-8H3,(H,33,37)(H,34,39). The molecule has 0 aliphatic carbocycles. The topological polar surface area (TPSA) is 117 Å². The van der Waals surface area contributed by atoms with Gasteiger partial charge in [-0.05, 0) is 82.3 Å². The molecule has 3 N–H and O–H groups in total. The van der Waals surface area contributed by atoms with Crippen LogP contribution >= 0.6 is 0 Å². The first-order valence-electron chi connectivity index (χ1n) is 13.7. The van der Waals surface area contributed by atoms with Gasteiger partial charge in [0, 0.05) is 17.3 Å². The fourth-order valence-corrected chi connectivity index (χ4v) is 4.30. The third kappa shape index (κ3) is 9.83. The van der Waals surface area contributed by atoms with Gasteiger partial charge in [0.05, 0.1) is 13.7 Å². The number of methoxy groups -OCH3 is 1. The number of nitrogens with zero attached hydrogens (tertiary/aromatic N) is 1. The molecule has 3 unspecified atom stereocenters. The Morgan fingerprint density at radius 1 is 1.02 bits per heavy atom. The number of aliphatic hydroxyl groups excluding tert-OH is 1. The molecule has 2 aromatic rings. The SMILES string of the molecule is C#Cc1ccccc1C(C(=O)Nc1ccc(OC)cc1)N(C(=O)C(CO)NC(=O)OC(C)(C)C)C(C)CCC(C)C. The summed E-state index contributed by atoms with van der Waals surface area (Å²) in [6.45, 7) is 10.4. The Bertz CT molecular complexity index is 1210. The molecule has 0 aromatic heterocycles. The highest BCUT2D eigenvalue weighted by Gasteiger charge is 2.39. The van der Waals surface area contributed by atoms with Gasteiger partial charge in [-0.2, -0.15) is 0 Å². The summed E-state index contributed by atoms with van der Waals surface area (Å²) in [6.07, 6.45) is 6.31. The van der Waals surface area contributed by atoms with E-state index < -0.39 is 48.2 Å². The molecule has 2 aromatic carbocycles. The maximum Gasteiger partial charge on any atom is 0.408 e. The molecule has 9 nitrogen and oxygen atoms in total. The average molecular weight is 566 g/mol. The normalized spacial score (nSPS) is 13.4. The van der Waals surface area contributed by atoms with E-state index in [1.54, 1.807) is 76.4 Å². The number of benzene rings is 2. The van der Waals surface area contributed by atoms with Gasteiger partial charge in [0.1, 0.15) is 23.4 Å². The lowest BCUT2D eigenvalue weighted by molar-refractivity contribution is -0.144. The van der Waals surface area contributed by atoms with Crippen molar-refractivity contribution in [3.8, 4) is 18.1 Å². The van der Waals surface area contributed by atoms with Crippen molar-refractivity contribution in [3.63, 3.8) is 0 Å². The predicted molar refractivity (Wildman–Crippen MR) is 159 cm³/mol. The number of nitrogens with one attached hydrogen (secondary N) is 2. The second kappa shape index (κ2) is 15.1. The van der Waals surface area contributed by atoms with Gasteiger partial charge in [-0.3, -0.25) is 9.59 Å². The van der Waals surface area contributed by atoms with E-state index in [4.69, 9.17) is 15.9 Å². The summed E-state index contributed by atoms with van der Waals surface area (Å²) in [7, 11) is 1.55. The van der Waals surface area contributed by atoms with Gasteiger partial charge < -0.3 is 30.1 Å². The number of hydrogen-bond acceptors (Lipinski definition) is 6. The molecular formula is C32H43N3O6. The van der Waals surface area contributed by atoms with E-state index in [9.17, 15) is 19.5 Å². The largest absolute Gasteiger partial charge is 0.497 e. The van der Waals surface area contributed by atoms with Crippen molar-refractivity contribution in [2.45, 2.75) is 78.1 Å². The quantitative estimate of drug-likeness (QED) is 0.315. The highest BCUT2D eigenvalue weighted by molar-refractivity contribution is 5.99. The molecular weight excluding hydrogens is 522 g/mol. The number of terminal acetylenes is 1. The molecule has 0 heterocycles. The lowest BCUT2D eigenvalue weighted by Gasteiger charge is -2.38. The number of alkyl carbamates (subject to hydrolysis) is 1. The zero-order chi connectivity index (χ0) is 30.7. The van der Waals surface area contributed by atoms with Gasteiger partial charge in [0.15, 0.2) is 0 Å². The van der Waals surface area contributed by atoms with Crippen molar-refractivity contribution in [2.75, 3.05) is 19.0 Å². The van der Waals surface area contributed by atoms with E-state index in [1.807, 2.05) is 6.92 Å². The van der Waals surface area contributed by atoms with Gasteiger partial charge in [-0.1, -0.05) is 38.0 Å². The zero-order valence-electron chi connectivity index (χ0n) is 25.1. The minimum atomic E-state index is -1.36. The van der Waals surface area contributed by atoms with E-state index in [0.29, 0.717) is 34.9 Å². The van der Waals surface area contributed by atoms with Gasteiger partial charge in [0.25, 0.3) is 5.91 Å². The first-order chi connectivity index (χ1) is 19.3. The van der Waals surface area contributed by atoms with Crippen molar-refractivity contribution >= 4 is 23.6 Å². The second-order valence-corrected chi connectivity index (χ2v) is 11.3. The number of carbonyl (C=O) groups is 3. The number of anilines is 1. The third-order valence-corrected chi connectivity index (χ3v) is 6.36. The van der Waals surface area contributed by atoms with Gasteiger partial charge >= 0.3 is 6.09 Å². The van der Waals surface area contributed by atoms with E-state index in [1.165, 1.54) is 4.90 Å². The predicted octanol–water partition coefficient (Wildman–Crippen LogP) is 4.90. The van der Waals surface area contributed by atoms with Crippen LogP contribution in [0.4, 0.5) is 10.5 Å². The van der Waals surface area contributed by atoms with Crippen molar-refractivity contribution in [2.24, 2.45) is 5.92 Å². The summed E-state index contributed by atoms with van der Waals surface area (Å²) in [6, 6.07) is 10.7. The van der Waals surface area contributed by atoms with Crippen LogP contribution < -0.4 is 15.4 Å². The number of carbonyl (C=O) groups excluding carboxylic acids is 3. The summed E-state index contributed by atoms with van der Waals surface area (Å²) >= 11 is 0. The van der Waals surface area contributed by atoms with Crippen LogP contribution in [0.25, 0.3) is 0 Å². The maximum atomic E-state index is 14.2. The number of rotatable bonds is 12. The third-order valence-electron chi connectivity index (χ3n) is 6.36. The number of hydrogen-bond donors (Lipinski definition) is 3. The zero-order valence-corrected chi connectivity index (χ0v) is 25.1. The summed E-state index contributed by atoms with van der Waals surface area (Å²) in [5.74, 6) is 2.44. The summed E-state index contributed by atoms with van der Waals surface area (Å²) < 4.78 is 10.5. The summed E-state index contributed by atoms with van der Waals surface area (Å²) in [5.41, 5.74) is 0.563. The van der Waals surface area contributed by atoms with Crippen molar-refractivity contribution in [1.29, 1.82) is 0 Å². The fourth-order valence-electron chi connectivity index (χ4n) is 4.30. The Kier molecular flexibility index (Phi) is 12.2. The van der Waals surface area contributed by atoms with Crippen LogP contribution in [0.2, 0.25) is 0 Å². The lowest BCUT2D eigenvalue weighted by atomic mass is 9.94. The molecule has 0 aliphatic heterocycles. The van der Waals surface area contributed by atoms with Crippen LogP contribution in [-0.2, 0) is 14.3 Å². The molecule has 3 atom stereocenters. The van der Waals surface area contributed by atoms with Gasteiger partial charge in [-0.25, -0.2) is 4.79 Å². The van der Waals surface area contributed by atoms with Crippen molar-refractivity contribution in [1.82, 2.24) is 10.2 Å². The second-order valence-electron chi connectivity index (χ2n) is 11.3. The number of ether oxygens (including phenoxy) is 2.